The van der Waals surface area contributed by atoms with E-state index in [0.29, 0.717) is 29.2 Å². The van der Waals surface area contributed by atoms with Crippen LogP contribution in [0.15, 0.2) is 47.4 Å². The van der Waals surface area contributed by atoms with Crippen LogP contribution in [0.5, 0.6) is 11.6 Å². The predicted octanol–water partition coefficient (Wildman–Crippen LogP) is 4.36. The minimum Gasteiger partial charge on any atom is -0.437 e. The summed E-state index contributed by atoms with van der Waals surface area (Å²) >= 11 is 6.15. The molecule has 13 heteroatoms. The van der Waals surface area contributed by atoms with E-state index in [2.05, 4.69) is 15.1 Å². The Morgan fingerprint density at radius 3 is 2.53 bits per heavy atom. The zero-order chi connectivity index (χ0) is 26.5. The number of hydrogen-bond acceptors (Lipinski definition) is 7. The summed E-state index contributed by atoms with van der Waals surface area (Å²) in [5.41, 5.74) is 0.463. The first-order chi connectivity index (χ1) is 17.1. The van der Waals surface area contributed by atoms with Crippen molar-refractivity contribution in [1.29, 1.82) is 0 Å². The number of rotatable bonds is 11. The van der Waals surface area contributed by atoms with E-state index in [1.54, 1.807) is 38.1 Å². The Labute approximate surface area is 213 Å². The van der Waals surface area contributed by atoms with Crippen molar-refractivity contribution in [2.75, 3.05) is 13.1 Å². The normalized spacial score (nSPS) is 11.3. The molecule has 1 heterocycles. The highest BCUT2D eigenvalue weighted by Gasteiger charge is 2.27. The van der Waals surface area contributed by atoms with Crippen molar-refractivity contribution in [2.45, 2.75) is 38.5 Å². The Balaban J connectivity index is 2.19. The number of halogens is 1. The first-order valence-electron chi connectivity index (χ1n) is 11.2. The first-order valence-corrected chi connectivity index (χ1v) is 13.0. The molecule has 1 amide bonds. The van der Waals surface area contributed by atoms with Crippen LogP contribution in [0.1, 0.15) is 42.7 Å². The zero-order valence-electron chi connectivity index (χ0n) is 19.9. The molecule has 0 aliphatic carbocycles. The molecule has 0 bridgehead atoms. The minimum atomic E-state index is -4.16. The van der Waals surface area contributed by atoms with Gasteiger partial charge in [-0.3, -0.25) is 14.9 Å². The monoisotopic (exact) mass is 535 g/mol. The summed E-state index contributed by atoms with van der Waals surface area (Å²) in [5, 5.41) is 18.9. The van der Waals surface area contributed by atoms with Crippen molar-refractivity contribution in [3.8, 4) is 17.3 Å². The number of carbonyl (C=O) groups is 1. The highest BCUT2D eigenvalue weighted by molar-refractivity contribution is 7.89. The molecule has 3 rings (SSSR count). The van der Waals surface area contributed by atoms with E-state index in [-0.39, 0.29) is 23.9 Å². The van der Waals surface area contributed by atoms with Crippen LogP contribution in [0.4, 0.5) is 5.69 Å². The van der Waals surface area contributed by atoms with Gasteiger partial charge in [0.15, 0.2) is 5.69 Å². The summed E-state index contributed by atoms with van der Waals surface area (Å²) in [5.74, 6) is -0.545. The quantitative estimate of drug-likeness (QED) is 0.274. The standard InChI is InChI=1S/C23H26ClN5O6S/c1-4-11-25-22(30)21-15(3)23(28(27-21)17-8-6-7-16(24)13-17)35-19-10-9-18(29(31)32)14-20(19)36(33,34)26-12-5-2/h6-10,13-14,26H,4-5,11-12H2,1-3H3,(H,25,30). The van der Waals surface area contributed by atoms with Gasteiger partial charge in [0.05, 0.1) is 10.6 Å². The van der Waals surface area contributed by atoms with Crippen molar-refractivity contribution in [3.63, 3.8) is 0 Å². The van der Waals surface area contributed by atoms with E-state index < -0.39 is 31.4 Å². The van der Waals surface area contributed by atoms with E-state index in [1.807, 2.05) is 6.92 Å². The molecule has 2 N–H and O–H groups in total. The molecule has 1 aromatic heterocycles. The number of aromatic nitrogens is 2. The molecule has 11 nitrogen and oxygen atoms in total. The molecule has 0 fully saturated rings. The van der Waals surface area contributed by atoms with Gasteiger partial charge in [0.1, 0.15) is 10.6 Å². The van der Waals surface area contributed by atoms with Gasteiger partial charge in [0.25, 0.3) is 11.6 Å². The first kappa shape index (κ1) is 27.1. The van der Waals surface area contributed by atoms with Crippen molar-refractivity contribution >= 4 is 33.2 Å². The summed E-state index contributed by atoms with van der Waals surface area (Å²) in [6.07, 6.45) is 1.24. The number of non-ortho nitro benzene ring substituents is 1. The molecule has 3 aromatic rings. The fourth-order valence-corrected chi connectivity index (χ4v) is 4.71. The Morgan fingerprint density at radius 2 is 1.89 bits per heavy atom. The maximum Gasteiger partial charge on any atom is 0.272 e. The number of ether oxygens (including phenoxy) is 1. The second-order valence-electron chi connectivity index (χ2n) is 7.81. The van der Waals surface area contributed by atoms with Gasteiger partial charge in [0, 0.05) is 35.8 Å². The number of hydrogen-bond donors (Lipinski definition) is 2. The molecule has 0 spiro atoms. The SMILES string of the molecule is CCCNC(=O)c1nn(-c2cccc(Cl)c2)c(Oc2ccc([N+](=O)[O-])cc2S(=O)(=O)NCCC)c1C. The molecule has 36 heavy (non-hydrogen) atoms. The fraction of sp³-hybridized carbons (Fsp3) is 0.304. The number of benzene rings is 2. The third-order valence-electron chi connectivity index (χ3n) is 5.05. The van der Waals surface area contributed by atoms with Crippen molar-refractivity contribution in [2.24, 2.45) is 0 Å². The Kier molecular flexibility index (Phi) is 8.66. The number of nitrogens with one attached hydrogen (secondary N) is 2. The molecule has 2 aromatic carbocycles. The Morgan fingerprint density at radius 1 is 1.17 bits per heavy atom. The fourth-order valence-electron chi connectivity index (χ4n) is 3.24. The van der Waals surface area contributed by atoms with Gasteiger partial charge < -0.3 is 10.1 Å². The topological polar surface area (TPSA) is 145 Å². The van der Waals surface area contributed by atoms with Crippen LogP contribution in [0.3, 0.4) is 0 Å². The maximum absolute atomic E-state index is 13.0. The number of sulfonamides is 1. The van der Waals surface area contributed by atoms with Gasteiger partial charge in [-0.1, -0.05) is 31.5 Å². The molecular weight excluding hydrogens is 510 g/mol. The lowest BCUT2D eigenvalue weighted by molar-refractivity contribution is -0.385. The van der Waals surface area contributed by atoms with Gasteiger partial charge >= 0.3 is 0 Å². The van der Waals surface area contributed by atoms with E-state index in [4.69, 9.17) is 16.3 Å². The van der Waals surface area contributed by atoms with Gasteiger partial charge in [-0.15, -0.1) is 0 Å². The van der Waals surface area contributed by atoms with E-state index in [9.17, 15) is 23.3 Å². The van der Waals surface area contributed by atoms with E-state index in [1.165, 1.54) is 10.7 Å². The van der Waals surface area contributed by atoms with Crippen LogP contribution >= 0.6 is 11.6 Å². The van der Waals surface area contributed by atoms with Crippen molar-refractivity contribution in [1.82, 2.24) is 19.8 Å². The molecule has 0 saturated heterocycles. The number of carbonyl (C=O) groups excluding carboxylic acids is 1. The van der Waals surface area contributed by atoms with Crippen LogP contribution in [0, 0.1) is 17.0 Å². The molecule has 0 unspecified atom stereocenters. The lowest BCUT2D eigenvalue weighted by atomic mass is 10.2. The van der Waals surface area contributed by atoms with Gasteiger partial charge in [-0.2, -0.15) is 9.78 Å². The summed E-state index contributed by atoms with van der Waals surface area (Å²) in [4.78, 5) is 23.0. The van der Waals surface area contributed by atoms with Crippen molar-refractivity contribution in [3.05, 3.63) is 68.9 Å². The van der Waals surface area contributed by atoms with E-state index in [0.717, 1.165) is 18.6 Å². The van der Waals surface area contributed by atoms with Crippen LogP contribution in [0.25, 0.3) is 5.69 Å². The van der Waals surface area contributed by atoms with Crippen molar-refractivity contribution < 1.29 is 22.9 Å². The zero-order valence-corrected chi connectivity index (χ0v) is 21.5. The number of nitro benzene ring substituents is 1. The summed E-state index contributed by atoms with van der Waals surface area (Å²) in [6.45, 7) is 5.87. The van der Waals surface area contributed by atoms with Gasteiger partial charge in [-0.05, 0) is 44.0 Å². The lowest BCUT2D eigenvalue weighted by Crippen LogP contribution is -2.25. The minimum absolute atomic E-state index is 0.0553. The summed E-state index contributed by atoms with van der Waals surface area (Å²) in [7, 11) is -4.16. The number of nitrogens with zero attached hydrogens (tertiary/aromatic N) is 3. The van der Waals surface area contributed by atoms with Crippen LogP contribution in [-0.4, -0.2) is 42.1 Å². The second-order valence-corrected chi connectivity index (χ2v) is 9.99. The third-order valence-corrected chi connectivity index (χ3v) is 6.77. The molecule has 0 aliphatic heterocycles. The highest BCUT2D eigenvalue weighted by Crippen LogP contribution is 2.36. The van der Waals surface area contributed by atoms with Crippen LogP contribution < -0.4 is 14.8 Å². The third kappa shape index (κ3) is 6.01. The van der Waals surface area contributed by atoms with Crippen LogP contribution in [0.2, 0.25) is 5.02 Å². The van der Waals surface area contributed by atoms with E-state index >= 15 is 0 Å². The molecule has 0 aliphatic rings. The lowest BCUT2D eigenvalue weighted by Gasteiger charge is -2.14. The molecular formula is C23H26ClN5O6S. The molecule has 0 atom stereocenters. The predicted molar refractivity (Wildman–Crippen MR) is 135 cm³/mol. The van der Waals surface area contributed by atoms with Crippen LogP contribution in [-0.2, 0) is 10.0 Å². The molecule has 0 saturated carbocycles. The largest absolute Gasteiger partial charge is 0.437 e. The number of amides is 1. The summed E-state index contributed by atoms with van der Waals surface area (Å²) < 4.78 is 35.7. The second kappa shape index (κ2) is 11.5. The Bertz CT molecular complexity index is 1390. The summed E-state index contributed by atoms with van der Waals surface area (Å²) in [6, 6.07) is 9.91. The molecule has 192 valence electrons. The number of nitro groups is 1. The molecule has 0 radical (unpaired) electrons. The average molecular weight is 536 g/mol. The van der Waals surface area contributed by atoms with Gasteiger partial charge in [0.2, 0.25) is 15.9 Å². The smallest absolute Gasteiger partial charge is 0.272 e. The highest BCUT2D eigenvalue weighted by atomic mass is 35.5. The maximum atomic E-state index is 13.0. The van der Waals surface area contributed by atoms with Gasteiger partial charge in [-0.25, -0.2) is 13.1 Å². The average Bonchev–Trinajstić information content (AvgIpc) is 3.17. The Hall–Kier alpha value is -3.48.